The van der Waals surface area contributed by atoms with E-state index < -0.39 is 0 Å². The largest absolute Gasteiger partial charge is 0.508 e. The van der Waals surface area contributed by atoms with Crippen LogP contribution in [0.4, 0.5) is 5.69 Å². The Kier molecular flexibility index (Phi) is 9.24. The van der Waals surface area contributed by atoms with Crippen molar-refractivity contribution in [2.24, 2.45) is 0 Å². The maximum atomic E-state index is 9.83. The van der Waals surface area contributed by atoms with Crippen LogP contribution in [0.3, 0.4) is 0 Å². The predicted molar refractivity (Wildman–Crippen MR) is 158 cm³/mol. The molecule has 0 bridgehead atoms. The Bertz CT molecular complexity index is 1150. The Balaban J connectivity index is 1.09. The maximum absolute atomic E-state index is 9.83. The van der Waals surface area contributed by atoms with E-state index in [0.29, 0.717) is 17.7 Å². The molecule has 0 amide bonds. The highest BCUT2D eigenvalue weighted by Crippen LogP contribution is 2.37. The summed E-state index contributed by atoms with van der Waals surface area (Å²) < 4.78 is 6.04. The van der Waals surface area contributed by atoms with Gasteiger partial charge in [0.25, 0.3) is 0 Å². The molecule has 1 aliphatic carbocycles. The van der Waals surface area contributed by atoms with E-state index >= 15 is 0 Å². The van der Waals surface area contributed by atoms with Crippen molar-refractivity contribution in [3.05, 3.63) is 89.0 Å². The fourth-order valence-electron chi connectivity index (χ4n) is 6.12. The van der Waals surface area contributed by atoms with E-state index in [1.165, 1.54) is 66.7 Å². The van der Waals surface area contributed by atoms with E-state index in [1.807, 2.05) is 12.1 Å². The lowest BCUT2D eigenvalue weighted by Gasteiger charge is -2.28. The van der Waals surface area contributed by atoms with E-state index in [2.05, 4.69) is 71.7 Å². The predicted octanol–water partition coefficient (Wildman–Crippen LogP) is 7.35. The number of aromatic hydroxyl groups is 1. The monoisotopic (exact) mass is 512 g/mol. The van der Waals surface area contributed by atoms with Gasteiger partial charge < -0.3 is 15.2 Å². The van der Waals surface area contributed by atoms with E-state index in [-0.39, 0.29) is 0 Å². The lowest BCUT2D eigenvalue weighted by molar-refractivity contribution is 0.214. The number of ether oxygens (including phenoxy) is 1. The van der Waals surface area contributed by atoms with Crippen molar-refractivity contribution in [1.29, 1.82) is 0 Å². The van der Waals surface area contributed by atoms with Crippen LogP contribution in [0, 0.1) is 0 Å². The molecule has 1 saturated heterocycles. The number of phenolic OH excluding ortho intramolecular Hbond substituents is 1. The molecule has 0 spiro atoms. The molecule has 2 unspecified atom stereocenters. The Labute approximate surface area is 229 Å². The Morgan fingerprint density at radius 3 is 2.55 bits per heavy atom. The average molecular weight is 513 g/mol. The van der Waals surface area contributed by atoms with E-state index in [1.54, 1.807) is 0 Å². The summed E-state index contributed by atoms with van der Waals surface area (Å²) in [6.07, 6.45) is 10.7. The lowest BCUT2D eigenvalue weighted by atomic mass is 9.79. The number of likely N-dealkylation sites (tertiary alicyclic amines) is 1. The van der Waals surface area contributed by atoms with Crippen LogP contribution >= 0.6 is 0 Å². The SMILES string of the molecule is CC(CCc1ccc(OCCN2CCCCCC2)cc1)Nc1ccccc1C1CCc2cc(O)ccc2C1. The Morgan fingerprint density at radius 1 is 0.947 bits per heavy atom. The third-order valence-electron chi connectivity index (χ3n) is 8.39. The first kappa shape index (κ1) is 26.6. The normalized spacial score (nSPS) is 18.8. The van der Waals surface area contributed by atoms with E-state index in [4.69, 9.17) is 4.74 Å². The molecule has 3 aromatic rings. The first-order chi connectivity index (χ1) is 18.6. The molecule has 1 heterocycles. The third kappa shape index (κ3) is 7.32. The van der Waals surface area contributed by atoms with Gasteiger partial charge in [-0.05, 0) is 123 Å². The summed E-state index contributed by atoms with van der Waals surface area (Å²) >= 11 is 0. The molecule has 5 rings (SSSR count). The molecular weight excluding hydrogens is 468 g/mol. The smallest absolute Gasteiger partial charge is 0.119 e. The highest BCUT2D eigenvalue weighted by atomic mass is 16.5. The zero-order valence-corrected chi connectivity index (χ0v) is 23.0. The molecule has 1 fully saturated rings. The Hall–Kier alpha value is -2.98. The number of rotatable bonds is 10. The van der Waals surface area contributed by atoms with Gasteiger partial charge in [0.1, 0.15) is 18.1 Å². The molecule has 4 heteroatoms. The van der Waals surface area contributed by atoms with Gasteiger partial charge in [0.05, 0.1) is 0 Å². The number of hydrogen-bond acceptors (Lipinski definition) is 4. The number of phenols is 1. The van der Waals surface area contributed by atoms with Crippen LogP contribution in [0.1, 0.15) is 73.6 Å². The number of nitrogens with one attached hydrogen (secondary N) is 1. The highest BCUT2D eigenvalue weighted by molar-refractivity contribution is 5.54. The summed E-state index contributed by atoms with van der Waals surface area (Å²) in [7, 11) is 0. The molecule has 0 radical (unpaired) electrons. The number of benzene rings is 3. The van der Waals surface area contributed by atoms with Gasteiger partial charge in [-0.25, -0.2) is 0 Å². The molecule has 0 saturated carbocycles. The number of anilines is 1. The fraction of sp³-hybridized carbons (Fsp3) is 0.471. The fourth-order valence-corrected chi connectivity index (χ4v) is 6.12. The maximum Gasteiger partial charge on any atom is 0.119 e. The standard InChI is InChI=1S/C34H44N2O2/c1-26(10-11-27-12-18-32(19-13-27)38-23-22-36-20-6-2-3-7-21-36)35-34-9-5-4-8-33(34)30-15-14-29-25-31(37)17-16-28(29)24-30/h4-5,8-9,12-13,16-19,25-26,30,35,37H,2-3,6-7,10-11,14-15,20-24H2,1H3. The minimum absolute atomic E-state index is 0.378. The zero-order chi connectivity index (χ0) is 26.2. The van der Waals surface area contributed by atoms with Crippen molar-refractivity contribution in [2.75, 3.05) is 31.6 Å². The van der Waals surface area contributed by atoms with Crippen LogP contribution in [-0.4, -0.2) is 42.3 Å². The number of nitrogens with zero attached hydrogens (tertiary/aromatic N) is 1. The molecule has 202 valence electrons. The van der Waals surface area contributed by atoms with Crippen LogP contribution < -0.4 is 10.1 Å². The van der Waals surface area contributed by atoms with Crippen molar-refractivity contribution in [2.45, 2.75) is 76.7 Å². The third-order valence-corrected chi connectivity index (χ3v) is 8.39. The molecular formula is C34H44N2O2. The average Bonchev–Trinajstić information content (AvgIpc) is 3.22. The van der Waals surface area contributed by atoms with Crippen molar-refractivity contribution in [1.82, 2.24) is 4.90 Å². The number of fused-ring (bicyclic) bond motifs is 1. The van der Waals surface area contributed by atoms with Crippen LogP contribution in [0.2, 0.25) is 0 Å². The van der Waals surface area contributed by atoms with Crippen molar-refractivity contribution < 1.29 is 9.84 Å². The van der Waals surface area contributed by atoms with Gasteiger partial charge in [0, 0.05) is 18.3 Å². The summed E-state index contributed by atoms with van der Waals surface area (Å²) in [6.45, 7) is 6.53. The van der Waals surface area contributed by atoms with Crippen LogP contribution in [0.25, 0.3) is 0 Å². The Morgan fingerprint density at radius 2 is 1.74 bits per heavy atom. The first-order valence-corrected chi connectivity index (χ1v) is 14.7. The molecule has 2 aliphatic rings. The van der Waals surface area contributed by atoms with Gasteiger partial charge in [-0.2, -0.15) is 0 Å². The molecule has 1 aliphatic heterocycles. The summed E-state index contributed by atoms with van der Waals surface area (Å²) in [5.74, 6) is 1.87. The number of para-hydroxylation sites is 1. The minimum Gasteiger partial charge on any atom is -0.508 e. The molecule has 2 N–H and O–H groups in total. The molecule has 0 aromatic heterocycles. The van der Waals surface area contributed by atoms with Crippen LogP contribution in [0.15, 0.2) is 66.7 Å². The summed E-state index contributed by atoms with van der Waals surface area (Å²) in [5, 5.41) is 13.6. The van der Waals surface area contributed by atoms with E-state index in [0.717, 1.165) is 51.0 Å². The van der Waals surface area contributed by atoms with Gasteiger partial charge in [-0.1, -0.05) is 49.2 Å². The zero-order valence-electron chi connectivity index (χ0n) is 23.0. The topological polar surface area (TPSA) is 44.7 Å². The first-order valence-electron chi connectivity index (χ1n) is 14.7. The summed E-state index contributed by atoms with van der Waals surface area (Å²) in [4.78, 5) is 2.55. The summed E-state index contributed by atoms with van der Waals surface area (Å²) in [5.41, 5.74) is 6.71. The quantitative estimate of drug-likeness (QED) is 0.298. The van der Waals surface area contributed by atoms with Crippen molar-refractivity contribution in [3.8, 4) is 11.5 Å². The second kappa shape index (κ2) is 13.2. The van der Waals surface area contributed by atoms with Crippen molar-refractivity contribution in [3.63, 3.8) is 0 Å². The molecule has 3 aromatic carbocycles. The molecule has 38 heavy (non-hydrogen) atoms. The van der Waals surface area contributed by atoms with Crippen molar-refractivity contribution >= 4 is 5.69 Å². The second-order valence-corrected chi connectivity index (χ2v) is 11.3. The van der Waals surface area contributed by atoms with Gasteiger partial charge in [-0.3, -0.25) is 4.90 Å². The number of hydrogen-bond donors (Lipinski definition) is 2. The van der Waals surface area contributed by atoms with Gasteiger partial charge in [-0.15, -0.1) is 0 Å². The van der Waals surface area contributed by atoms with Gasteiger partial charge in [0.15, 0.2) is 0 Å². The van der Waals surface area contributed by atoms with E-state index in [9.17, 15) is 5.11 Å². The molecule has 2 atom stereocenters. The van der Waals surface area contributed by atoms with Crippen LogP contribution in [-0.2, 0) is 19.3 Å². The van der Waals surface area contributed by atoms with Gasteiger partial charge >= 0.3 is 0 Å². The molecule has 4 nitrogen and oxygen atoms in total. The van der Waals surface area contributed by atoms with Crippen LogP contribution in [0.5, 0.6) is 11.5 Å². The number of aryl methyl sites for hydroxylation is 2. The second-order valence-electron chi connectivity index (χ2n) is 11.3. The van der Waals surface area contributed by atoms with Gasteiger partial charge in [0.2, 0.25) is 0 Å². The highest BCUT2D eigenvalue weighted by Gasteiger charge is 2.23. The minimum atomic E-state index is 0.378. The lowest BCUT2D eigenvalue weighted by Crippen LogP contribution is -2.29. The summed E-state index contributed by atoms with van der Waals surface area (Å²) in [6, 6.07) is 23.8.